The SMILES string of the molecule is Cc1ccc(NCC2CCOCC2)c2sc(N)nc12. The first-order valence-corrected chi connectivity index (χ1v) is 7.53. The minimum atomic E-state index is 0.637. The molecule has 1 aromatic carbocycles. The Morgan fingerprint density at radius 1 is 1.42 bits per heavy atom. The summed E-state index contributed by atoms with van der Waals surface area (Å²) in [6.45, 7) is 4.86. The van der Waals surface area contributed by atoms with Crippen molar-refractivity contribution >= 4 is 32.4 Å². The topological polar surface area (TPSA) is 60.2 Å². The van der Waals surface area contributed by atoms with Crippen LogP contribution in [0.5, 0.6) is 0 Å². The minimum Gasteiger partial charge on any atom is -0.384 e. The van der Waals surface area contributed by atoms with Gasteiger partial charge in [0.1, 0.15) is 0 Å². The molecule has 0 saturated carbocycles. The summed E-state index contributed by atoms with van der Waals surface area (Å²) in [6.07, 6.45) is 2.29. The van der Waals surface area contributed by atoms with Crippen molar-refractivity contribution in [3.05, 3.63) is 17.7 Å². The average molecular weight is 277 g/mol. The van der Waals surface area contributed by atoms with E-state index in [2.05, 4.69) is 29.4 Å². The van der Waals surface area contributed by atoms with Gasteiger partial charge in [-0.15, -0.1) is 0 Å². The molecule has 1 aliphatic heterocycles. The van der Waals surface area contributed by atoms with E-state index in [1.807, 2.05) is 0 Å². The highest BCUT2D eigenvalue weighted by Gasteiger charge is 2.15. The van der Waals surface area contributed by atoms with Crippen molar-refractivity contribution in [3.63, 3.8) is 0 Å². The first-order chi connectivity index (χ1) is 9.24. The van der Waals surface area contributed by atoms with Gasteiger partial charge in [0, 0.05) is 19.8 Å². The molecule has 1 aromatic heterocycles. The smallest absolute Gasteiger partial charge is 0.181 e. The molecule has 0 amide bonds. The quantitative estimate of drug-likeness (QED) is 0.905. The van der Waals surface area contributed by atoms with Crippen molar-refractivity contribution in [2.75, 3.05) is 30.8 Å². The van der Waals surface area contributed by atoms with Crippen LogP contribution >= 0.6 is 11.3 Å². The van der Waals surface area contributed by atoms with Gasteiger partial charge in [-0.05, 0) is 37.3 Å². The molecular weight excluding hydrogens is 258 g/mol. The van der Waals surface area contributed by atoms with Gasteiger partial charge in [0.2, 0.25) is 0 Å². The number of aryl methyl sites for hydroxylation is 1. The number of benzene rings is 1. The lowest BCUT2D eigenvalue weighted by molar-refractivity contribution is 0.0699. The molecule has 3 rings (SSSR count). The number of fused-ring (bicyclic) bond motifs is 1. The van der Waals surface area contributed by atoms with Crippen LogP contribution in [0.25, 0.3) is 10.2 Å². The van der Waals surface area contributed by atoms with E-state index in [0.717, 1.165) is 43.8 Å². The van der Waals surface area contributed by atoms with Crippen LogP contribution in [0, 0.1) is 12.8 Å². The Hall–Kier alpha value is -1.33. The van der Waals surface area contributed by atoms with Crippen LogP contribution in [-0.2, 0) is 4.74 Å². The number of aromatic nitrogens is 1. The van der Waals surface area contributed by atoms with Gasteiger partial charge in [0.05, 0.1) is 15.9 Å². The lowest BCUT2D eigenvalue weighted by Crippen LogP contribution is -2.22. The Kier molecular flexibility index (Phi) is 3.57. The maximum atomic E-state index is 5.83. The van der Waals surface area contributed by atoms with Crippen LogP contribution in [0.2, 0.25) is 0 Å². The molecule has 0 unspecified atom stereocenters. The molecule has 0 spiro atoms. The van der Waals surface area contributed by atoms with Gasteiger partial charge in [0.15, 0.2) is 5.13 Å². The van der Waals surface area contributed by atoms with Gasteiger partial charge in [-0.3, -0.25) is 0 Å². The molecule has 4 nitrogen and oxygen atoms in total. The molecule has 5 heteroatoms. The van der Waals surface area contributed by atoms with E-state index in [0.29, 0.717) is 11.0 Å². The third kappa shape index (κ3) is 2.67. The molecule has 2 heterocycles. The minimum absolute atomic E-state index is 0.637. The van der Waals surface area contributed by atoms with Gasteiger partial charge in [-0.1, -0.05) is 17.4 Å². The fourth-order valence-electron chi connectivity index (χ4n) is 2.49. The number of nitrogen functional groups attached to an aromatic ring is 1. The number of nitrogens with one attached hydrogen (secondary N) is 1. The highest BCUT2D eigenvalue weighted by atomic mass is 32.1. The number of hydrogen-bond acceptors (Lipinski definition) is 5. The molecule has 2 aromatic rings. The maximum Gasteiger partial charge on any atom is 0.181 e. The Morgan fingerprint density at radius 2 is 2.21 bits per heavy atom. The first-order valence-electron chi connectivity index (χ1n) is 6.71. The Labute approximate surface area is 117 Å². The molecule has 0 bridgehead atoms. The number of nitrogens with zero attached hydrogens (tertiary/aromatic N) is 1. The van der Waals surface area contributed by atoms with Crippen molar-refractivity contribution in [1.82, 2.24) is 4.98 Å². The number of anilines is 2. The van der Waals surface area contributed by atoms with Crippen molar-refractivity contribution in [3.8, 4) is 0 Å². The van der Waals surface area contributed by atoms with Gasteiger partial charge in [-0.25, -0.2) is 4.98 Å². The van der Waals surface area contributed by atoms with Crippen LogP contribution in [0.4, 0.5) is 10.8 Å². The number of ether oxygens (including phenoxy) is 1. The molecule has 102 valence electrons. The van der Waals surface area contributed by atoms with E-state index in [9.17, 15) is 0 Å². The van der Waals surface area contributed by atoms with Crippen LogP contribution < -0.4 is 11.1 Å². The number of rotatable bonds is 3. The standard InChI is InChI=1S/C14H19N3OS/c1-9-2-3-11(13-12(9)17-14(15)19-13)16-8-10-4-6-18-7-5-10/h2-3,10,16H,4-8H2,1H3,(H2,15,17). The second kappa shape index (κ2) is 5.35. The molecule has 19 heavy (non-hydrogen) atoms. The van der Waals surface area contributed by atoms with Crippen LogP contribution in [0.1, 0.15) is 18.4 Å². The number of thiazole rings is 1. The van der Waals surface area contributed by atoms with Crippen LogP contribution in [-0.4, -0.2) is 24.7 Å². The largest absolute Gasteiger partial charge is 0.384 e. The van der Waals surface area contributed by atoms with E-state index < -0.39 is 0 Å². The summed E-state index contributed by atoms with van der Waals surface area (Å²) in [5.41, 5.74) is 9.19. The normalized spacial score (nSPS) is 16.9. The van der Waals surface area contributed by atoms with Crippen molar-refractivity contribution in [2.45, 2.75) is 19.8 Å². The predicted molar refractivity (Wildman–Crippen MR) is 80.8 cm³/mol. The van der Waals surface area contributed by atoms with Crippen LogP contribution in [0.15, 0.2) is 12.1 Å². The van der Waals surface area contributed by atoms with Crippen LogP contribution in [0.3, 0.4) is 0 Å². The molecule has 0 atom stereocenters. The molecule has 0 radical (unpaired) electrons. The second-order valence-electron chi connectivity index (χ2n) is 5.10. The monoisotopic (exact) mass is 277 g/mol. The summed E-state index contributed by atoms with van der Waals surface area (Å²) in [5.74, 6) is 0.704. The van der Waals surface area contributed by atoms with Gasteiger partial charge >= 0.3 is 0 Å². The van der Waals surface area contributed by atoms with Crippen molar-refractivity contribution < 1.29 is 4.74 Å². The number of hydrogen-bond donors (Lipinski definition) is 2. The lowest BCUT2D eigenvalue weighted by Gasteiger charge is -2.22. The Balaban J connectivity index is 1.78. The summed E-state index contributed by atoms with van der Waals surface area (Å²) in [4.78, 5) is 4.40. The summed E-state index contributed by atoms with van der Waals surface area (Å²) in [7, 11) is 0. The lowest BCUT2D eigenvalue weighted by atomic mass is 10.0. The molecular formula is C14H19N3OS. The van der Waals surface area contributed by atoms with Crippen molar-refractivity contribution in [1.29, 1.82) is 0 Å². The van der Waals surface area contributed by atoms with E-state index in [-0.39, 0.29) is 0 Å². The van der Waals surface area contributed by atoms with Gasteiger partial charge < -0.3 is 15.8 Å². The van der Waals surface area contributed by atoms with E-state index in [4.69, 9.17) is 10.5 Å². The van der Waals surface area contributed by atoms with E-state index in [1.165, 1.54) is 10.3 Å². The predicted octanol–water partition coefficient (Wildman–Crippen LogP) is 3.03. The fraction of sp³-hybridized carbons (Fsp3) is 0.500. The Morgan fingerprint density at radius 3 is 3.00 bits per heavy atom. The highest BCUT2D eigenvalue weighted by molar-refractivity contribution is 7.22. The Bertz CT molecular complexity index is 575. The summed E-state index contributed by atoms with van der Waals surface area (Å²) in [5, 5.41) is 4.19. The zero-order valence-electron chi connectivity index (χ0n) is 11.1. The highest BCUT2D eigenvalue weighted by Crippen LogP contribution is 2.33. The molecule has 0 aliphatic carbocycles. The maximum absolute atomic E-state index is 5.83. The molecule has 1 saturated heterocycles. The molecule has 1 aliphatic rings. The zero-order chi connectivity index (χ0) is 13.2. The zero-order valence-corrected chi connectivity index (χ0v) is 11.9. The second-order valence-corrected chi connectivity index (χ2v) is 6.13. The van der Waals surface area contributed by atoms with Crippen molar-refractivity contribution in [2.24, 2.45) is 5.92 Å². The third-order valence-corrected chi connectivity index (χ3v) is 4.60. The fourth-order valence-corrected chi connectivity index (χ4v) is 3.39. The molecule has 1 fully saturated rings. The average Bonchev–Trinajstić information content (AvgIpc) is 2.82. The number of nitrogens with two attached hydrogens (primary N) is 1. The molecule has 3 N–H and O–H groups in total. The van der Waals surface area contributed by atoms with E-state index in [1.54, 1.807) is 11.3 Å². The summed E-state index contributed by atoms with van der Waals surface area (Å²) in [6, 6.07) is 4.24. The van der Waals surface area contributed by atoms with Gasteiger partial charge in [-0.2, -0.15) is 0 Å². The first kappa shape index (κ1) is 12.7. The van der Waals surface area contributed by atoms with E-state index >= 15 is 0 Å². The van der Waals surface area contributed by atoms with Gasteiger partial charge in [0.25, 0.3) is 0 Å². The summed E-state index contributed by atoms with van der Waals surface area (Å²) < 4.78 is 6.56. The third-order valence-electron chi connectivity index (χ3n) is 3.68. The summed E-state index contributed by atoms with van der Waals surface area (Å²) >= 11 is 1.56.